The first kappa shape index (κ1) is 22.4. The highest BCUT2D eigenvalue weighted by molar-refractivity contribution is 6.03. The molecule has 2 unspecified atom stereocenters. The molecule has 1 amide bonds. The Kier molecular flexibility index (Phi) is 5.41. The number of methoxy groups -OCH3 is 1. The molecule has 0 fully saturated rings. The summed E-state index contributed by atoms with van der Waals surface area (Å²) in [6.07, 6.45) is -0.188. The molecule has 0 aliphatic carbocycles. The van der Waals surface area contributed by atoms with Gasteiger partial charge >= 0.3 is 0 Å². The number of rotatable bonds is 4. The molecule has 0 radical (unpaired) electrons. The monoisotopic (exact) mass is 442 g/mol. The fourth-order valence-electron chi connectivity index (χ4n) is 3.24. The highest BCUT2D eigenvalue weighted by Gasteiger charge is 2.60. The van der Waals surface area contributed by atoms with Gasteiger partial charge in [-0.05, 0) is 32.0 Å². The molecule has 0 saturated carbocycles. The van der Waals surface area contributed by atoms with Crippen LogP contribution in [0.3, 0.4) is 0 Å². The van der Waals surface area contributed by atoms with Crippen LogP contribution in [0.25, 0.3) is 0 Å². The van der Waals surface area contributed by atoms with Crippen molar-refractivity contribution in [3.8, 4) is 5.75 Å². The number of hydrogen-bond acceptors (Lipinski definition) is 5. The molecule has 3 N–H and O–H groups in total. The van der Waals surface area contributed by atoms with Gasteiger partial charge in [0.05, 0.1) is 19.7 Å². The smallest absolute Gasteiger partial charge is 0.280 e. The molecule has 11 heteroatoms. The van der Waals surface area contributed by atoms with Gasteiger partial charge in [0.1, 0.15) is 17.4 Å². The minimum absolute atomic E-state index is 0.0842. The Morgan fingerprint density at radius 3 is 2.45 bits per heavy atom. The number of hydrogen-bond donors (Lipinski definition) is 2. The molecule has 166 valence electrons. The molecule has 1 aromatic heterocycles. The Labute approximate surface area is 174 Å². The molecule has 2 aromatic rings. The Balaban J connectivity index is 1.99. The third-order valence-electron chi connectivity index (χ3n) is 5.16. The second-order valence-corrected chi connectivity index (χ2v) is 7.50. The van der Waals surface area contributed by atoms with E-state index in [1.807, 2.05) is 0 Å². The molecule has 2 heterocycles. The van der Waals surface area contributed by atoms with Gasteiger partial charge in [-0.3, -0.25) is 9.79 Å². The van der Waals surface area contributed by atoms with E-state index < -0.39 is 58.2 Å². The van der Waals surface area contributed by atoms with Crippen LogP contribution in [-0.4, -0.2) is 35.4 Å². The van der Waals surface area contributed by atoms with Crippen molar-refractivity contribution in [3.63, 3.8) is 0 Å². The van der Waals surface area contributed by atoms with E-state index in [0.717, 1.165) is 44.3 Å². The lowest BCUT2D eigenvalue weighted by Crippen LogP contribution is -2.56. The van der Waals surface area contributed by atoms with Crippen LogP contribution in [0.5, 0.6) is 5.75 Å². The maximum absolute atomic E-state index is 14.8. The number of aromatic nitrogens is 1. The number of aliphatic imine (C=N–C) groups is 1. The van der Waals surface area contributed by atoms with Crippen LogP contribution < -0.4 is 15.8 Å². The van der Waals surface area contributed by atoms with Gasteiger partial charge in [0.2, 0.25) is 0 Å². The molecule has 2 atom stereocenters. The number of nitrogens with zero attached hydrogens (tertiary/aromatic N) is 2. The first-order chi connectivity index (χ1) is 14.3. The van der Waals surface area contributed by atoms with Crippen molar-refractivity contribution in [3.05, 3.63) is 53.4 Å². The molecule has 6 nitrogen and oxygen atoms in total. The van der Waals surface area contributed by atoms with Crippen LogP contribution in [0.2, 0.25) is 0 Å². The number of amidine groups is 1. The Morgan fingerprint density at radius 2 is 1.84 bits per heavy atom. The second-order valence-electron chi connectivity index (χ2n) is 7.50. The van der Waals surface area contributed by atoms with Crippen molar-refractivity contribution in [2.24, 2.45) is 10.7 Å². The van der Waals surface area contributed by atoms with Crippen LogP contribution >= 0.6 is 0 Å². The van der Waals surface area contributed by atoms with E-state index in [2.05, 4.69) is 15.3 Å². The molecule has 1 aliphatic rings. The van der Waals surface area contributed by atoms with Crippen LogP contribution in [-0.2, 0) is 5.54 Å². The summed E-state index contributed by atoms with van der Waals surface area (Å²) >= 11 is 0. The molecule has 31 heavy (non-hydrogen) atoms. The number of ether oxygens (including phenoxy) is 1. The maximum Gasteiger partial charge on any atom is 0.280 e. The van der Waals surface area contributed by atoms with Crippen LogP contribution in [0.4, 0.5) is 27.6 Å². The zero-order valence-corrected chi connectivity index (χ0v) is 16.8. The summed E-state index contributed by atoms with van der Waals surface area (Å²) in [5.41, 5.74) is -0.904. The number of carbonyl (C=O) groups excluding carboxylic acids is 1. The van der Waals surface area contributed by atoms with E-state index in [0.29, 0.717) is 0 Å². The fourth-order valence-corrected chi connectivity index (χ4v) is 3.24. The van der Waals surface area contributed by atoms with E-state index in [1.165, 1.54) is 7.11 Å². The number of alkyl halides is 3. The zero-order valence-electron chi connectivity index (χ0n) is 16.8. The number of amides is 1. The average molecular weight is 442 g/mol. The largest absolute Gasteiger partial charge is 0.495 e. The molecule has 3 rings (SSSR count). The van der Waals surface area contributed by atoms with Gasteiger partial charge in [-0.2, -0.15) is 0 Å². The van der Waals surface area contributed by atoms with Gasteiger partial charge in [-0.1, -0.05) is 0 Å². The van der Waals surface area contributed by atoms with Crippen molar-refractivity contribution >= 4 is 17.4 Å². The van der Waals surface area contributed by atoms with E-state index in [4.69, 9.17) is 10.5 Å². The van der Waals surface area contributed by atoms with E-state index in [9.17, 15) is 26.7 Å². The van der Waals surface area contributed by atoms with Crippen LogP contribution in [0.1, 0.15) is 36.3 Å². The fraction of sp³-hybridized carbons (Fsp3) is 0.350. The van der Waals surface area contributed by atoms with E-state index in [-0.39, 0.29) is 11.4 Å². The Hall–Kier alpha value is -3.24. The predicted molar refractivity (Wildman–Crippen MR) is 103 cm³/mol. The van der Waals surface area contributed by atoms with Crippen molar-refractivity contribution < 1.29 is 31.5 Å². The number of carbonyl (C=O) groups is 1. The molecule has 1 aliphatic heterocycles. The summed E-state index contributed by atoms with van der Waals surface area (Å²) in [6.45, 7) is 1.78. The summed E-state index contributed by atoms with van der Waals surface area (Å²) in [5.74, 6) is -7.46. The Bertz CT molecular complexity index is 1070. The molecular weight excluding hydrogens is 423 g/mol. The van der Waals surface area contributed by atoms with Crippen molar-refractivity contribution in [2.45, 2.75) is 37.4 Å². The summed E-state index contributed by atoms with van der Waals surface area (Å²) in [5, 5.41) is 2.27. The maximum atomic E-state index is 14.8. The summed E-state index contributed by atoms with van der Waals surface area (Å²) in [6, 6.07) is 3.78. The minimum Gasteiger partial charge on any atom is -0.495 e. The summed E-state index contributed by atoms with van der Waals surface area (Å²) < 4.78 is 77.4. The van der Waals surface area contributed by atoms with E-state index in [1.54, 1.807) is 0 Å². The van der Waals surface area contributed by atoms with E-state index >= 15 is 0 Å². The lowest BCUT2D eigenvalue weighted by molar-refractivity contribution is -0.106. The second kappa shape index (κ2) is 7.47. The number of benzene rings is 1. The standard InChI is InChI=1S/C20H19F5N4O2/c1-18(23)9-20(24,25)19(2,29-17(18)26)12-6-10(4-5-13(12)21)28-16(30)15-14(22)7-11(31-3)8-27-15/h4-8H,9H2,1-3H3,(H2,26,29)(H,28,30). The van der Waals surface area contributed by atoms with Crippen molar-refractivity contribution in [1.29, 1.82) is 0 Å². The third kappa shape index (κ3) is 3.91. The summed E-state index contributed by atoms with van der Waals surface area (Å²) in [4.78, 5) is 19.6. The minimum atomic E-state index is -3.80. The Morgan fingerprint density at radius 1 is 1.16 bits per heavy atom. The quantitative estimate of drug-likeness (QED) is 0.702. The summed E-state index contributed by atoms with van der Waals surface area (Å²) in [7, 11) is 1.29. The lowest BCUT2D eigenvalue weighted by Gasteiger charge is -2.42. The first-order valence-electron chi connectivity index (χ1n) is 9.04. The number of anilines is 1. The van der Waals surface area contributed by atoms with Gasteiger partial charge in [-0.15, -0.1) is 0 Å². The zero-order chi connectivity index (χ0) is 23.2. The number of nitrogens with one attached hydrogen (secondary N) is 1. The highest BCUT2D eigenvalue weighted by atomic mass is 19.3. The molecule has 0 bridgehead atoms. The van der Waals surface area contributed by atoms with Crippen molar-refractivity contribution in [1.82, 2.24) is 4.98 Å². The van der Waals surface area contributed by atoms with Crippen LogP contribution in [0.15, 0.2) is 35.5 Å². The molecule has 0 saturated heterocycles. The number of pyridine rings is 1. The van der Waals surface area contributed by atoms with Gasteiger partial charge < -0.3 is 15.8 Å². The van der Waals surface area contributed by atoms with Crippen LogP contribution in [0, 0.1) is 11.6 Å². The van der Waals surface area contributed by atoms with Gasteiger partial charge in [0, 0.05) is 17.3 Å². The molecule has 0 spiro atoms. The van der Waals surface area contributed by atoms with Gasteiger partial charge in [0.25, 0.3) is 11.8 Å². The molecule has 1 aromatic carbocycles. The number of nitrogens with two attached hydrogens (primary N) is 1. The van der Waals surface area contributed by atoms with Crippen molar-refractivity contribution in [2.75, 3.05) is 12.4 Å². The highest BCUT2D eigenvalue weighted by Crippen LogP contribution is 2.50. The predicted octanol–water partition coefficient (Wildman–Crippen LogP) is 3.96. The normalized spacial score (nSPS) is 25.0. The third-order valence-corrected chi connectivity index (χ3v) is 5.16. The number of halogens is 5. The van der Waals surface area contributed by atoms with Gasteiger partial charge in [0.15, 0.2) is 22.7 Å². The SMILES string of the molecule is COc1cnc(C(=O)Nc2ccc(F)c(C3(C)N=C(N)C(C)(F)CC3(F)F)c2)c(F)c1. The topological polar surface area (TPSA) is 89.6 Å². The lowest BCUT2D eigenvalue weighted by atomic mass is 9.77. The van der Waals surface area contributed by atoms with Gasteiger partial charge in [-0.25, -0.2) is 26.9 Å². The molecular formula is C20H19F5N4O2. The average Bonchev–Trinajstić information content (AvgIpc) is 2.67. The first-order valence-corrected chi connectivity index (χ1v) is 9.04.